The summed E-state index contributed by atoms with van der Waals surface area (Å²) in [6.45, 7) is 1.87. The van der Waals surface area contributed by atoms with Crippen LogP contribution < -0.4 is 16.0 Å². The summed E-state index contributed by atoms with van der Waals surface area (Å²) in [4.78, 5) is 127. The minimum Gasteiger partial charge on any atom is -0.475 e. The van der Waals surface area contributed by atoms with Crippen LogP contribution in [0.3, 0.4) is 0 Å². The zero-order chi connectivity index (χ0) is 50.7. The minimum absolute atomic E-state index is 0.0108. The summed E-state index contributed by atoms with van der Waals surface area (Å²) >= 11 is 0. The van der Waals surface area contributed by atoms with Crippen molar-refractivity contribution in [3.8, 4) is 0 Å². The van der Waals surface area contributed by atoms with E-state index in [2.05, 4.69) is 25.9 Å². The van der Waals surface area contributed by atoms with E-state index >= 15 is 0 Å². The van der Waals surface area contributed by atoms with Gasteiger partial charge in [-0.3, -0.25) is 43.3 Å². The Hall–Kier alpha value is -5.88. The van der Waals surface area contributed by atoms with Gasteiger partial charge in [-0.15, -0.1) is 0 Å². The Kier molecular flexibility index (Phi) is 22.1. The predicted molar refractivity (Wildman–Crippen MR) is 246 cm³/mol. The van der Waals surface area contributed by atoms with Gasteiger partial charge >= 0.3 is 12.1 Å². The van der Waals surface area contributed by atoms with Gasteiger partial charge < -0.3 is 26.0 Å². The number of nitrogens with zero attached hydrogens (tertiary/aromatic N) is 3. The van der Waals surface area contributed by atoms with Gasteiger partial charge in [0, 0.05) is 76.0 Å². The van der Waals surface area contributed by atoms with Crippen molar-refractivity contribution in [3.05, 3.63) is 60.2 Å². The fraction of sp³-hybridized carbons (Fsp3) is 0.620. The number of aliphatic carboxylic acids is 1. The van der Waals surface area contributed by atoms with Crippen molar-refractivity contribution in [2.24, 2.45) is 29.6 Å². The summed E-state index contributed by atoms with van der Waals surface area (Å²) < 4.78 is 31.7. The lowest BCUT2D eigenvalue weighted by molar-refractivity contribution is -0.192. The second-order valence-corrected chi connectivity index (χ2v) is 18.7. The number of halogens is 3. The van der Waals surface area contributed by atoms with Crippen molar-refractivity contribution in [2.45, 2.75) is 153 Å². The van der Waals surface area contributed by atoms with Gasteiger partial charge in [-0.05, 0) is 62.3 Å². The molecule has 16 nitrogen and oxygen atoms in total. The molecule has 0 aliphatic heterocycles. The molecule has 3 aliphatic carbocycles. The Bertz CT molecular complexity index is 2080. The average molecular weight is 969 g/mol. The molecule has 3 aliphatic rings. The summed E-state index contributed by atoms with van der Waals surface area (Å²) in [6, 6.07) is 6.59. The highest BCUT2D eigenvalue weighted by Gasteiger charge is 2.42. The van der Waals surface area contributed by atoms with E-state index < -0.39 is 71.4 Å². The molecule has 0 unspecified atom stereocenters. The molecule has 2 aromatic rings. The fourth-order valence-corrected chi connectivity index (χ4v) is 9.79. The van der Waals surface area contributed by atoms with Crippen molar-refractivity contribution >= 4 is 52.7 Å². The molecule has 19 heteroatoms. The summed E-state index contributed by atoms with van der Waals surface area (Å²) in [5.74, 6) is -8.22. The summed E-state index contributed by atoms with van der Waals surface area (Å²) in [6.07, 6.45) is 10.3. The number of Topliss-reactive ketones (excluding diaryl/α,β-unsaturated/α-hetero) is 4. The van der Waals surface area contributed by atoms with Crippen LogP contribution in [0.5, 0.6) is 0 Å². The number of ketones is 4. The van der Waals surface area contributed by atoms with Crippen LogP contribution in [0.1, 0.15) is 151 Å². The number of carboxylic acids is 1. The number of carbonyl (C=O) groups is 9. The van der Waals surface area contributed by atoms with Crippen molar-refractivity contribution in [1.82, 2.24) is 30.8 Å². The number of alkyl halides is 3. The molecular weight excluding hydrogens is 902 g/mol. The first-order valence-electron chi connectivity index (χ1n) is 24.2. The van der Waals surface area contributed by atoms with E-state index in [-0.39, 0.29) is 66.6 Å². The molecule has 1 heterocycles. The summed E-state index contributed by atoms with van der Waals surface area (Å²) in [7, 11) is 3.17. The molecule has 0 spiro atoms. The Morgan fingerprint density at radius 1 is 0.783 bits per heavy atom. The Labute approximate surface area is 401 Å². The van der Waals surface area contributed by atoms with Crippen LogP contribution >= 0.6 is 0 Å². The van der Waals surface area contributed by atoms with Crippen molar-refractivity contribution < 1.29 is 61.4 Å². The van der Waals surface area contributed by atoms with Gasteiger partial charge in [-0.1, -0.05) is 88.6 Å². The third-order valence-electron chi connectivity index (χ3n) is 13.5. The molecule has 1 aromatic carbocycles. The van der Waals surface area contributed by atoms with Crippen LogP contribution in [0.25, 0.3) is 0 Å². The first kappa shape index (κ1) is 55.7. The van der Waals surface area contributed by atoms with Crippen LogP contribution in [0.4, 0.5) is 13.2 Å². The average Bonchev–Trinajstić information content (AvgIpc) is 3.81. The van der Waals surface area contributed by atoms with E-state index in [1.54, 1.807) is 44.4 Å². The lowest BCUT2D eigenvalue weighted by atomic mass is 9.74. The third-order valence-corrected chi connectivity index (χ3v) is 13.5. The van der Waals surface area contributed by atoms with E-state index in [1.165, 1.54) is 23.5 Å². The molecule has 4 N–H and O–H groups in total. The lowest BCUT2D eigenvalue weighted by Crippen LogP contribution is -2.50. The number of likely N-dealkylation sites (N-methyl/N-ethyl adjacent to an activating group) is 1. The number of rotatable bonds is 22. The largest absolute Gasteiger partial charge is 0.490 e. The summed E-state index contributed by atoms with van der Waals surface area (Å²) in [5.41, 5.74) is 0.716. The molecule has 6 atom stereocenters. The first-order valence-corrected chi connectivity index (χ1v) is 24.2. The van der Waals surface area contributed by atoms with Crippen LogP contribution in [0.2, 0.25) is 0 Å². The van der Waals surface area contributed by atoms with E-state index in [0.29, 0.717) is 37.7 Å². The van der Waals surface area contributed by atoms with Gasteiger partial charge in [0.2, 0.25) is 23.5 Å². The standard InChI is InChI=1S/C48H66N6O8.C2HF3O2/c1-4-15-34(45(59)39(55)24-25-42(58)52-44(48(62)54(2)3)33-20-12-7-13-21-33)28-40(56)35-22-14-23-37(35)51-46(60)36(31-16-8-5-9-17-31)29-41(57)43(32-18-10-6-11-19-32)53-47(61)38-30-49-26-27-50-38;3-2(4,5)1(6)7/h7,12-13,20-21,26-27,30-32,34-37,43-44H,4-6,8-11,14-19,22-25,28-29H2,1-3H3,(H,51,60)(H,52,58)(H,53,61);(H,6,7)/t34-,35-,36+,37+,43+,44+;/m1./s1. The zero-order valence-electron chi connectivity index (χ0n) is 39.8. The SMILES string of the molecule is CCC[C@H](CC(=O)[C@@H]1CCC[C@@H]1NC(=O)[C@@H](CC(=O)[C@@H](NC(=O)c1cnccn1)C1CCCCC1)C1CCCCC1)C(=O)C(=O)CCC(=O)N[C@H](C(=O)N(C)C)c1ccccc1.O=C(O)C(F)(F)F. The number of benzene rings is 1. The van der Waals surface area contributed by atoms with Crippen molar-refractivity contribution in [3.63, 3.8) is 0 Å². The number of aromatic nitrogens is 2. The van der Waals surface area contributed by atoms with Crippen LogP contribution in [-0.4, -0.2) is 105 Å². The quantitative estimate of drug-likeness (QED) is 0.0930. The molecule has 0 bridgehead atoms. The van der Waals surface area contributed by atoms with Gasteiger partial charge in [-0.25, -0.2) is 9.78 Å². The van der Waals surface area contributed by atoms with E-state index in [4.69, 9.17) is 9.90 Å². The predicted octanol–water partition coefficient (Wildman–Crippen LogP) is 6.47. The van der Waals surface area contributed by atoms with Gasteiger partial charge in [0.1, 0.15) is 17.5 Å². The molecule has 5 rings (SSSR count). The molecule has 69 heavy (non-hydrogen) atoms. The van der Waals surface area contributed by atoms with Crippen LogP contribution in [0.15, 0.2) is 48.9 Å². The smallest absolute Gasteiger partial charge is 0.475 e. The maximum atomic E-state index is 14.4. The summed E-state index contributed by atoms with van der Waals surface area (Å²) in [5, 5.41) is 16.0. The number of hydrogen-bond acceptors (Lipinski definition) is 11. The molecule has 0 radical (unpaired) electrons. The van der Waals surface area contributed by atoms with Crippen molar-refractivity contribution in [1.29, 1.82) is 0 Å². The molecule has 3 fully saturated rings. The number of carbonyl (C=O) groups excluding carboxylic acids is 8. The molecule has 3 saturated carbocycles. The normalized spacial score (nSPS) is 19.3. The van der Waals surface area contributed by atoms with Gasteiger partial charge in [0.25, 0.3) is 5.91 Å². The molecule has 0 saturated heterocycles. The first-order chi connectivity index (χ1) is 32.8. The monoisotopic (exact) mass is 968 g/mol. The Morgan fingerprint density at radius 3 is 1.97 bits per heavy atom. The van der Waals surface area contributed by atoms with E-state index in [9.17, 15) is 51.5 Å². The minimum atomic E-state index is -5.08. The molecular formula is C50H67F3N6O10. The Balaban J connectivity index is 0.00000137. The van der Waals surface area contributed by atoms with Gasteiger partial charge in [0.05, 0.1) is 12.2 Å². The molecule has 378 valence electrons. The molecule has 1 aromatic heterocycles. The second-order valence-electron chi connectivity index (χ2n) is 18.7. The zero-order valence-corrected chi connectivity index (χ0v) is 39.8. The maximum Gasteiger partial charge on any atom is 0.490 e. The topological polar surface area (TPSA) is 239 Å². The third kappa shape index (κ3) is 17.2. The van der Waals surface area contributed by atoms with Crippen LogP contribution in [0, 0.1) is 29.6 Å². The van der Waals surface area contributed by atoms with Crippen molar-refractivity contribution in [2.75, 3.05) is 14.1 Å². The highest BCUT2D eigenvalue weighted by molar-refractivity contribution is 6.38. The highest BCUT2D eigenvalue weighted by Crippen LogP contribution is 2.36. The van der Waals surface area contributed by atoms with Gasteiger partial charge in [-0.2, -0.15) is 13.2 Å². The van der Waals surface area contributed by atoms with Gasteiger partial charge in [0.15, 0.2) is 11.6 Å². The van der Waals surface area contributed by atoms with E-state index in [0.717, 1.165) is 64.2 Å². The highest BCUT2D eigenvalue weighted by atomic mass is 19.4. The Morgan fingerprint density at radius 2 is 1.41 bits per heavy atom. The number of amides is 4. The molecule has 4 amide bonds. The number of carboxylic acid groups (broad SMARTS) is 1. The number of hydrogen-bond donors (Lipinski definition) is 4. The maximum absolute atomic E-state index is 14.4. The lowest BCUT2D eigenvalue weighted by Gasteiger charge is -2.34. The fourth-order valence-electron chi connectivity index (χ4n) is 9.79. The second kappa shape index (κ2) is 27.3. The number of nitrogens with one attached hydrogen (secondary N) is 3. The van der Waals surface area contributed by atoms with E-state index in [1.807, 2.05) is 6.92 Å². The van der Waals surface area contributed by atoms with Crippen LogP contribution in [-0.2, 0) is 38.4 Å².